The minimum atomic E-state index is -4.13. The molecule has 7 heteroatoms. The maximum atomic E-state index is 13.7. The average Bonchev–Trinajstić information content (AvgIpc) is 2.38. The minimum Gasteiger partial charge on any atom is -0.298 e. The largest absolute Gasteiger partial charge is 0.298 e. The van der Waals surface area contributed by atoms with Crippen LogP contribution in [0.25, 0.3) is 0 Å². The Morgan fingerprint density at radius 3 is 2.60 bits per heavy atom. The van der Waals surface area contributed by atoms with Crippen LogP contribution in [0.1, 0.15) is 26.2 Å². The van der Waals surface area contributed by atoms with E-state index < -0.39 is 32.6 Å². The van der Waals surface area contributed by atoms with E-state index in [0.29, 0.717) is 18.9 Å². The Morgan fingerprint density at radius 2 is 2.00 bits per heavy atom. The van der Waals surface area contributed by atoms with Gasteiger partial charge in [0, 0.05) is 12.6 Å². The van der Waals surface area contributed by atoms with E-state index in [-0.39, 0.29) is 12.3 Å². The molecule has 0 aromatic heterocycles. The first-order valence-corrected chi connectivity index (χ1v) is 7.75. The predicted molar refractivity (Wildman–Crippen MR) is 68.6 cm³/mol. The topological polar surface area (TPSA) is 54.5 Å². The van der Waals surface area contributed by atoms with Crippen molar-refractivity contribution in [2.24, 2.45) is 0 Å². The van der Waals surface area contributed by atoms with Gasteiger partial charge in [-0.25, -0.2) is 17.2 Å². The van der Waals surface area contributed by atoms with Crippen molar-refractivity contribution in [1.29, 1.82) is 0 Å². The summed E-state index contributed by atoms with van der Waals surface area (Å²) < 4.78 is 52.5. The lowest BCUT2D eigenvalue weighted by atomic mass is 10.0. The van der Waals surface area contributed by atoms with Crippen molar-refractivity contribution in [1.82, 2.24) is 4.31 Å². The van der Waals surface area contributed by atoms with Gasteiger partial charge < -0.3 is 0 Å². The molecule has 0 saturated carbocycles. The van der Waals surface area contributed by atoms with E-state index in [9.17, 15) is 22.0 Å². The average molecular weight is 303 g/mol. The maximum absolute atomic E-state index is 13.7. The summed E-state index contributed by atoms with van der Waals surface area (Å²) in [5.74, 6) is -2.25. The summed E-state index contributed by atoms with van der Waals surface area (Å²) in [4.78, 5) is 11.0. The third kappa shape index (κ3) is 2.73. The van der Waals surface area contributed by atoms with E-state index in [0.717, 1.165) is 22.9 Å². The molecular weight excluding hydrogens is 288 g/mol. The number of carbonyl (C=O) groups excluding carboxylic acids is 1. The van der Waals surface area contributed by atoms with E-state index in [4.69, 9.17) is 0 Å². The number of nitrogens with zero attached hydrogens (tertiary/aromatic N) is 1. The molecule has 0 bridgehead atoms. The second-order valence-corrected chi connectivity index (χ2v) is 6.67. The third-order valence-corrected chi connectivity index (χ3v) is 5.34. The van der Waals surface area contributed by atoms with Crippen LogP contribution in [0.3, 0.4) is 0 Å². The first-order valence-electron chi connectivity index (χ1n) is 6.31. The molecule has 1 fully saturated rings. The zero-order chi connectivity index (χ0) is 14.9. The summed E-state index contributed by atoms with van der Waals surface area (Å²) >= 11 is 0. The van der Waals surface area contributed by atoms with E-state index >= 15 is 0 Å². The van der Waals surface area contributed by atoms with E-state index in [1.807, 2.05) is 0 Å². The Balaban J connectivity index is 2.45. The van der Waals surface area contributed by atoms with Crippen LogP contribution in [0, 0.1) is 11.6 Å². The molecule has 1 atom stereocenters. The van der Waals surface area contributed by atoms with Crippen LogP contribution in [-0.2, 0) is 14.8 Å². The van der Waals surface area contributed by atoms with Gasteiger partial charge >= 0.3 is 0 Å². The van der Waals surface area contributed by atoms with Crippen molar-refractivity contribution in [2.75, 3.05) is 6.54 Å². The van der Waals surface area contributed by atoms with Gasteiger partial charge in [0.2, 0.25) is 10.0 Å². The highest BCUT2D eigenvalue weighted by atomic mass is 32.2. The molecule has 4 nitrogen and oxygen atoms in total. The van der Waals surface area contributed by atoms with E-state index in [1.165, 1.54) is 6.92 Å². The smallest absolute Gasteiger partial charge is 0.246 e. The number of carbonyl (C=O) groups is 1. The second-order valence-electron chi connectivity index (χ2n) is 4.81. The SMILES string of the molecule is CC(=O)C1CCCCN1S(=O)(=O)c1ccc(F)cc1F. The lowest BCUT2D eigenvalue weighted by Crippen LogP contribution is -2.47. The van der Waals surface area contributed by atoms with Gasteiger partial charge in [0.15, 0.2) is 0 Å². The molecule has 0 radical (unpaired) electrons. The Kier molecular flexibility index (Phi) is 4.19. The molecule has 20 heavy (non-hydrogen) atoms. The lowest BCUT2D eigenvalue weighted by molar-refractivity contribution is -0.121. The quantitative estimate of drug-likeness (QED) is 0.859. The van der Waals surface area contributed by atoms with Crippen molar-refractivity contribution in [3.05, 3.63) is 29.8 Å². The Labute approximate surface area is 116 Å². The Bertz CT molecular complexity index is 631. The number of halogens is 2. The zero-order valence-corrected chi connectivity index (χ0v) is 11.8. The number of ketones is 1. The van der Waals surface area contributed by atoms with Gasteiger partial charge in [-0.1, -0.05) is 6.42 Å². The molecule has 1 heterocycles. The molecule has 0 N–H and O–H groups in total. The first kappa shape index (κ1) is 15.1. The Morgan fingerprint density at radius 1 is 1.30 bits per heavy atom. The number of Topliss-reactive ketones (excluding diaryl/α,β-unsaturated/α-hetero) is 1. The van der Waals surface area contributed by atoms with Gasteiger partial charge in [0.25, 0.3) is 0 Å². The number of piperidine rings is 1. The van der Waals surface area contributed by atoms with E-state index in [2.05, 4.69) is 0 Å². The van der Waals surface area contributed by atoms with Crippen LogP contribution >= 0.6 is 0 Å². The number of benzene rings is 1. The molecule has 1 aliphatic heterocycles. The van der Waals surface area contributed by atoms with Crippen molar-refractivity contribution < 1.29 is 22.0 Å². The fourth-order valence-electron chi connectivity index (χ4n) is 2.41. The fraction of sp³-hybridized carbons (Fsp3) is 0.462. The standard InChI is InChI=1S/C13H15F2NO3S/c1-9(17)12-4-2-3-7-16(12)20(18,19)13-6-5-10(14)8-11(13)15/h5-6,8,12H,2-4,7H2,1H3. The number of hydrogen-bond donors (Lipinski definition) is 0. The molecule has 1 saturated heterocycles. The monoisotopic (exact) mass is 303 g/mol. The molecule has 1 aromatic rings. The van der Waals surface area contributed by atoms with E-state index in [1.54, 1.807) is 0 Å². The highest BCUT2D eigenvalue weighted by molar-refractivity contribution is 7.89. The van der Waals surface area contributed by atoms with Gasteiger partial charge in [-0.3, -0.25) is 4.79 Å². The van der Waals surface area contributed by atoms with Crippen LogP contribution in [-0.4, -0.2) is 31.1 Å². The Hall–Kier alpha value is -1.34. The molecule has 1 aromatic carbocycles. The normalized spacial score (nSPS) is 20.9. The van der Waals surface area contributed by atoms with Crippen LogP contribution in [0.15, 0.2) is 23.1 Å². The van der Waals surface area contributed by atoms with Crippen LogP contribution in [0.5, 0.6) is 0 Å². The molecule has 0 amide bonds. The first-order chi connectivity index (χ1) is 9.34. The summed E-state index contributed by atoms with van der Waals surface area (Å²) in [7, 11) is -4.13. The van der Waals surface area contributed by atoms with Crippen molar-refractivity contribution in [2.45, 2.75) is 37.1 Å². The molecule has 2 rings (SSSR count). The summed E-state index contributed by atoms with van der Waals surface area (Å²) in [5.41, 5.74) is 0. The number of hydrogen-bond acceptors (Lipinski definition) is 3. The van der Waals surface area contributed by atoms with Crippen molar-refractivity contribution >= 4 is 15.8 Å². The van der Waals surface area contributed by atoms with Crippen molar-refractivity contribution in [3.8, 4) is 0 Å². The molecule has 1 unspecified atom stereocenters. The van der Waals surface area contributed by atoms with Crippen LogP contribution in [0.2, 0.25) is 0 Å². The molecule has 0 aliphatic carbocycles. The van der Waals surface area contributed by atoms with Crippen molar-refractivity contribution in [3.63, 3.8) is 0 Å². The number of rotatable bonds is 3. The van der Waals surface area contributed by atoms with Gasteiger partial charge in [-0.05, 0) is 31.9 Å². The molecule has 0 spiro atoms. The fourth-order valence-corrected chi connectivity index (χ4v) is 4.17. The summed E-state index contributed by atoms with van der Waals surface area (Å²) in [6.45, 7) is 1.49. The third-order valence-electron chi connectivity index (χ3n) is 3.40. The van der Waals surface area contributed by atoms with Gasteiger partial charge in [-0.15, -0.1) is 0 Å². The van der Waals surface area contributed by atoms with Crippen LogP contribution < -0.4 is 0 Å². The summed E-state index contributed by atoms with van der Waals surface area (Å²) in [6.07, 6.45) is 1.80. The van der Waals surface area contributed by atoms with Gasteiger partial charge in [-0.2, -0.15) is 4.31 Å². The van der Waals surface area contributed by atoms with Crippen LogP contribution in [0.4, 0.5) is 8.78 Å². The lowest BCUT2D eigenvalue weighted by Gasteiger charge is -2.33. The predicted octanol–water partition coefficient (Wildman–Crippen LogP) is 2.10. The molecular formula is C13H15F2NO3S. The highest BCUT2D eigenvalue weighted by Gasteiger charge is 2.37. The highest BCUT2D eigenvalue weighted by Crippen LogP contribution is 2.27. The summed E-state index contributed by atoms with van der Waals surface area (Å²) in [5, 5.41) is 0. The van der Waals surface area contributed by atoms with Gasteiger partial charge in [0.1, 0.15) is 22.3 Å². The zero-order valence-electron chi connectivity index (χ0n) is 11.0. The molecule has 110 valence electrons. The minimum absolute atomic E-state index is 0.170. The maximum Gasteiger partial charge on any atom is 0.246 e. The second kappa shape index (κ2) is 5.57. The molecule has 1 aliphatic rings. The summed E-state index contributed by atoms with van der Waals surface area (Å²) in [6, 6.07) is 1.55. The number of sulfonamides is 1. The van der Waals surface area contributed by atoms with Gasteiger partial charge in [0.05, 0.1) is 6.04 Å².